The fraction of sp³-hybridized carbons (Fsp3) is 0.150. The second-order valence-corrected chi connectivity index (χ2v) is 6.11. The summed E-state index contributed by atoms with van der Waals surface area (Å²) in [4.78, 5) is 29.8. The molecule has 2 amide bonds. The maximum atomic E-state index is 12.9. The van der Waals surface area contributed by atoms with Crippen molar-refractivity contribution in [3.05, 3.63) is 72.6 Å². The zero-order valence-corrected chi connectivity index (χ0v) is 15.4. The Morgan fingerprint density at radius 1 is 1.08 bits per heavy atom. The normalized spacial score (nSPS) is 15.7. The van der Waals surface area contributed by atoms with E-state index in [0.29, 0.717) is 23.0 Å². The standard InChI is InChI=1S/C20H19N3O2S/c1-3-21-19(25)18(23(20(21)26)17-12-8-5-9-13-17)14-22(15(2)24)16-10-6-4-7-11-16/h4-14H,3H2,1-2H3/b18-14-. The minimum Gasteiger partial charge on any atom is -0.286 e. The Bertz CT molecular complexity index is 865. The lowest BCUT2D eigenvalue weighted by Gasteiger charge is -2.22. The van der Waals surface area contributed by atoms with Gasteiger partial charge in [0.1, 0.15) is 5.70 Å². The molecule has 1 heterocycles. The molecule has 6 heteroatoms. The van der Waals surface area contributed by atoms with Gasteiger partial charge in [-0.3, -0.25) is 24.3 Å². The van der Waals surface area contributed by atoms with Crippen LogP contribution in [0.2, 0.25) is 0 Å². The third-order valence-corrected chi connectivity index (χ3v) is 4.49. The molecule has 2 aromatic rings. The number of amides is 2. The number of carbonyl (C=O) groups is 2. The number of nitrogens with zero attached hydrogens (tertiary/aromatic N) is 3. The van der Waals surface area contributed by atoms with Crippen molar-refractivity contribution in [3.63, 3.8) is 0 Å². The van der Waals surface area contributed by atoms with Crippen LogP contribution in [-0.2, 0) is 9.59 Å². The minimum atomic E-state index is -0.219. The average molecular weight is 365 g/mol. The van der Waals surface area contributed by atoms with Crippen LogP contribution >= 0.6 is 12.2 Å². The van der Waals surface area contributed by atoms with Crippen molar-refractivity contribution in [2.45, 2.75) is 13.8 Å². The number of hydrogen-bond donors (Lipinski definition) is 0. The van der Waals surface area contributed by atoms with Crippen molar-refractivity contribution in [1.29, 1.82) is 0 Å². The molecule has 0 bridgehead atoms. The van der Waals surface area contributed by atoms with Gasteiger partial charge in [-0.15, -0.1) is 0 Å². The van der Waals surface area contributed by atoms with Gasteiger partial charge in [0.25, 0.3) is 5.91 Å². The van der Waals surface area contributed by atoms with E-state index in [2.05, 4.69) is 0 Å². The maximum absolute atomic E-state index is 12.9. The molecule has 0 N–H and O–H groups in total. The Kier molecular flexibility index (Phi) is 5.14. The van der Waals surface area contributed by atoms with Crippen molar-refractivity contribution in [3.8, 4) is 0 Å². The third-order valence-electron chi connectivity index (χ3n) is 4.08. The molecular formula is C20H19N3O2S. The molecule has 2 aromatic carbocycles. The fourth-order valence-electron chi connectivity index (χ4n) is 2.82. The topological polar surface area (TPSA) is 43.9 Å². The molecule has 0 unspecified atom stereocenters. The van der Waals surface area contributed by atoms with Gasteiger partial charge in [0.2, 0.25) is 5.91 Å². The van der Waals surface area contributed by atoms with Gasteiger partial charge >= 0.3 is 0 Å². The minimum absolute atomic E-state index is 0.189. The monoisotopic (exact) mass is 365 g/mol. The smallest absolute Gasteiger partial charge is 0.278 e. The van der Waals surface area contributed by atoms with Crippen molar-refractivity contribution in [2.24, 2.45) is 0 Å². The summed E-state index contributed by atoms with van der Waals surface area (Å²) in [6.45, 7) is 3.80. The second kappa shape index (κ2) is 7.49. The van der Waals surface area contributed by atoms with Gasteiger partial charge in [-0.1, -0.05) is 36.4 Å². The Labute approximate surface area is 158 Å². The van der Waals surface area contributed by atoms with Gasteiger partial charge in [-0.25, -0.2) is 0 Å². The Morgan fingerprint density at radius 3 is 2.19 bits per heavy atom. The van der Waals surface area contributed by atoms with Gasteiger partial charge in [-0.2, -0.15) is 0 Å². The third kappa shape index (κ3) is 3.23. The number of rotatable bonds is 4. The quantitative estimate of drug-likeness (QED) is 0.614. The summed E-state index contributed by atoms with van der Waals surface area (Å²) in [5.41, 5.74) is 1.82. The summed E-state index contributed by atoms with van der Waals surface area (Å²) < 4.78 is 0. The van der Waals surface area contributed by atoms with E-state index < -0.39 is 0 Å². The fourth-order valence-corrected chi connectivity index (χ4v) is 3.24. The summed E-state index contributed by atoms with van der Waals surface area (Å²) in [5.74, 6) is -0.408. The van der Waals surface area contributed by atoms with E-state index in [1.165, 1.54) is 16.7 Å². The molecule has 1 fully saturated rings. The number of likely N-dealkylation sites (N-methyl/N-ethyl adjacent to an activating group) is 1. The molecule has 0 atom stereocenters. The first-order chi connectivity index (χ1) is 12.5. The van der Waals surface area contributed by atoms with Gasteiger partial charge < -0.3 is 0 Å². The van der Waals surface area contributed by atoms with E-state index in [0.717, 1.165) is 5.69 Å². The van der Waals surface area contributed by atoms with Crippen LogP contribution in [0.4, 0.5) is 11.4 Å². The Balaban J connectivity index is 2.11. The summed E-state index contributed by atoms with van der Waals surface area (Å²) in [7, 11) is 0. The first-order valence-electron chi connectivity index (χ1n) is 8.32. The number of anilines is 2. The van der Waals surface area contributed by atoms with E-state index in [4.69, 9.17) is 12.2 Å². The van der Waals surface area contributed by atoms with Gasteiger partial charge in [0.15, 0.2) is 5.11 Å². The van der Waals surface area contributed by atoms with E-state index in [9.17, 15) is 9.59 Å². The molecule has 26 heavy (non-hydrogen) atoms. The molecular weight excluding hydrogens is 346 g/mol. The van der Waals surface area contributed by atoms with Crippen LogP contribution in [0, 0.1) is 0 Å². The number of carbonyl (C=O) groups excluding carboxylic acids is 2. The zero-order chi connectivity index (χ0) is 18.7. The number of para-hydroxylation sites is 2. The average Bonchev–Trinajstić information content (AvgIpc) is 2.90. The highest BCUT2D eigenvalue weighted by molar-refractivity contribution is 7.80. The van der Waals surface area contributed by atoms with E-state index >= 15 is 0 Å². The van der Waals surface area contributed by atoms with E-state index in [-0.39, 0.29) is 11.8 Å². The number of benzene rings is 2. The Morgan fingerprint density at radius 2 is 1.65 bits per heavy atom. The molecule has 0 radical (unpaired) electrons. The first-order valence-corrected chi connectivity index (χ1v) is 8.73. The van der Waals surface area contributed by atoms with Crippen LogP contribution in [-0.4, -0.2) is 28.4 Å². The number of thiocarbonyl (C=S) groups is 1. The van der Waals surface area contributed by atoms with Crippen LogP contribution in [0.1, 0.15) is 13.8 Å². The van der Waals surface area contributed by atoms with Crippen LogP contribution in [0.3, 0.4) is 0 Å². The van der Waals surface area contributed by atoms with Crippen molar-refractivity contribution >= 4 is 40.5 Å². The van der Waals surface area contributed by atoms with Crippen LogP contribution in [0.25, 0.3) is 0 Å². The SMILES string of the molecule is CCN1C(=O)/C(=C/N(C(C)=O)c2ccccc2)N(c2ccccc2)C1=S. The predicted molar refractivity (Wildman–Crippen MR) is 107 cm³/mol. The highest BCUT2D eigenvalue weighted by Crippen LogP contribution is 2.29. The summed E-state index contributed by atoms with van der Waals surface area (Å²) in [6, 6.07) is 18.6. The van der Waals surface area contributed by atoms with Crippen molar-refractivity contribution in [1.82, 2.24) is 4.90 Å². The molecule has 0 aliphatic carbocycles. The van der Waals surface area contributed by atoms with Crippen LogP contribution < -0.4 is 9.80 Å². The van der Waals surface area contributed by atoms with Gasteiger partial charge in [0.05, 0.1) is 0 Å². The Hall–Kier alpha value is -2.99. The number of hydrogen-bond acceptors (Lipinski definition) is 3. The largest absolute Gasteiger partial charge is 0.286 e. The van der Waals surface area contributed by atoms with E-state index in [1.807, 2.05) is 67.6 Å². The molecule has 0 aromatic heterocycles. The molecule has 1 saturated heterocycles. The molecule has 3 rings (SSSR count). The highest BCUT2D eigenvalue weighted by Gasteiger charge is 2.38. The molecule has 1 aliphatic heterocycles. The summed E-state index contributed by atoms with van der Waals surface area (Å²) in [5, 5.41) is 0.409. The summed E-state index contributed by atoms with van der Waals surface area (Å²) in [6.07, 6.45) is 1.56. The molecule has 0 spiro atoms. The zero-order valence-electron chi connectivity index (χ0n) is 14.6. The van der Waals surface area contributed by atoms with Crippen LogP contribution in [0.5, 0.6) is 0 Å². The molecule has 5 nitrogen and oxygen atoms in total. The van der Waals surface area contributed by atoms with Crippen LogP contribution in [0.15, 0.2) is 72.6 Å². The molecule has 132 valence electrons. The molecule has 1 aliphatic rings. The summed E-state index contributed by atoms with van der Waals surface area (Å²) >= 11 is 5.52. The van der Waals surface area contributed by atoms with Crippen molar-refractivity contribution in [2.75, 3.05) is 16.3 Å². The van der Waals surface area contributed by atoms with Gasteiger partial charge in [0, 0.05) is 31.0 Å². The lowest BCUT2D eigenvalue weighted by molar-refractivity contribution is -0.122. The maximum Gasteiger partial charge on any atom is 0.278 e. The van der Waals surface area contributed by atoms with Crippen molar-refractivity contribution < 1.29 is 9.59 Å². The lowest BCUT2D eigenvalue weighted by Crippen LogP contribution is -2.32. The predicted octanol–water partition coefficient (Wildman–Crippen LogP) is 3.53. The highest BCUT2D eigenvalue weighted by atomic mass is 32.1. The molecule has 0 saturated carbocycles. The first kappa shape index (κ1) is 17.8. The second-order valence-electron chi connectivity index (χ2n) is 5.74. The van der Waals surface area contributed by atoms with E-state index in [1.54, 1.807) is 11.1 Å². The van der Waals surface area contributed by atoms with Gasteiger partial charge in [-0.05, 0) is 43.4 Å². The lowest BCUT2D eigenvalue weighted by atomic mass is 10.2.